The average molecular weight is 707 g/mol. The molecule has 0 spiro atoms. The molecular formula is C39H50O10Si. The molecule has 270 valence electrons. The Bertz CT molecular complexity index is 1650. The Balaban J connectivity index is 1.93. The van der Waals surface area contributed by atoms with Gasteiger partial charge in [-0.05, 0) is 70.4 Å². The fourth-order valence-electron chi connectivity index (χ4n) is 7.65. The Kier molecular flexibility index (Phi) is 12.6. The highest BCUT2D eigenvalue weighted by atomic mass is 28.3. The van der Waals surface area contributed by atoms with Crippen LogP contribution in [0.3, 0.4) is 0 Å². The number of hydrogen-bond donors (Lipinski definition) is 0. The lowest BCUT2D eigenvalue weighted by molar-refractivity contribution is -0.254. The van der Waals surface area contributed by atoms with Crippen LogP contribution < -0.4 is 4.74 Å². The second-order valence-corrected chi connectivity index (χ2v) is 19.0. The second kappa shape index (κ2) is 16.3. The van der Waals surface area contributed by atoms with E-state index in [0.29, 0.717) is 29.7 Å². The molecule has 1 unspecified atom stereocenters. The first-order chi connectivity index (χ1) is 23.6. The quantitative estimate of drug-likeness (QED) is 0.121. The normalized spacial score (nSPS) is 23.8. The summed E-state index contributed by atoms with van der Waals surface area (Å²) in [4.78, 5) is 48.9. The summed E-state index contributed by atoms with van der Waals surface area (Å²) in [6.45, 7) is 18.6. The smallest absolute Gasteiger partial charge is 0.303 e. The number of ether oxygens (including phenoxy) is 6. The molecule has 11 heteroatoms. The monoisotopic (exact) mass is 706 g/mol. The summed E-state index contributed by atoms with van der Waals surface area (Å²) in [7, 11) is -2.30. The van der Waals surface area contributed by atoms with Gasteiger partial charge in [-0.25, -0.2) is 0 Å². The summed E-state index contributed by atoms with van der Waals surface area (Å²) in [5, 5.41) is 0. The van der Waals surface area contributed by atoms with Crippen LogP contribution in [0.15, 0.2) is 36.4 Å². The zero-order valence-corrected chi connectivity index (χ0v) is 31.8. The van der Waals surface area contributed by atoms with Crippen molar-refractivity contribution in [3.8, 4) is 17.2 Å². The largest absolute Gasteiger partial charge is 0.494 e. The highest BCUT2D eigenvalue weighted by Gasteiger charge is 2.53. The summed E-state index contributed by atoms with van der Waals surface area (Å²) in [6.07, 6.45) is -5.15. The Morgan fingerprint density at radius 3 is 2.02 bits per heavy atom. The highest BCUT2D eigenvalue weighted by Crippen LogP contribution is 2.46. The first kappa shape index (κ1) is 38.7. The van der Waals surface area contributed by atoms with Gasteiger partial charge in [-0.1, -0.05) is 58.7 Å². The van der Waals surface area contributed by atoms with Gasteiger partial charge in [-0.2, -0.15) is 0 Å². The minimum absolute atomic E-state index is 0.221. The van der Waals surface area contributed by atoms with Gasteiger partial charge in [0.15, 0.2) is 26.4 Å². The van der Waals surface area contributed by atoms with E-state index in [1.165, 1.54) is 33.3 Å². The summed E-state index contributed by atoms with van der Waals surface area (Å²) in [5.41, 5.74) is 9.70. The molecule has 0 amide bonds. The van der Waals surface area contributed by atoms with Crippen LogP contribution >= 0.6 is 0 Å². The number of esters is 4. The molecule has 2 heterocycles. The summed E-state index contributed by atoms with van der Waals surface area (Å²) in [5.74, 6) is 1.86. The number of fused-ring (bicyclic) bond motifs is 2. The first-order valence-corrected chi connectivity index (χ1v) is 19.5. The molecule has 1 fully saturated rings. The van der Waals surface area contributed by atoms with Gasteiger partial charge in [0.25, 0.3) is 0 Å². The van der Waals surface area contributed by atoms with Gasteiger partial charge in [0, 0.05) is 33.3 Å². The highest BCUT2D eigenvalue weighted by molar-refractivity contribution is 6.90. The van der Waals surface area contributed by atoms with Gasteiger partial charge in [0.2, 0.25) is 0 Å². The van der Waals surface area contributed by atoms with E-state index in [1.807, 2.05) is 31.2 Å². The minimum Gasteiger partial charge on any atom is -0.494 e. The number of benzene rings is 2. The van der Waals surface area contributed by atoms with Crippen molar-refractivity contribution in [3.63, 3.8) is 0 Å². The molecule has 6 atom stereocenters. The third-order valence-electron chi connectivity index (χ3n) is 9.77. The van der Waals surface area contributed by atoms with E-state index in [4.69, 9.17) is 28.4 Å². The average Bonchev–Trinajstić information content (AvgIpc) is 3.07. The predicted octanol–water partition coefficient (Wildman–Crippen LogP) is 6.29. The van der Waals surface area contributed by atoms with Crippen molar-refractivity contribution in [1.82, 2.24) is 0 Å². The SMILES string of the molecule is CCOc1ccc2c(c1)C(C)[Si](C(C)C)(C(C)C)C#Cc1ccc([C@@H]3O[C@H](COC(C)=O)[C@@H](OC(C)=O)[C@H](OC(C)=O)[C@H]3OC(C)=O)cc1C2. The molecule has 0 aromatic heterocycles. The molecule has 1 saturated heterocycles. The zero-order chi connectivity index (χ0) is 36.9. The van der Waals surface area contributed by atoms with E-state index < -0.39 is 62.5 Å². The fraction of sp³-hybridized carbons (Fsp3) is 0.538. The number of carbonyl (C=O) groups is 4. The molecule has 2 aromatic carbocycles. The fourth-order valence-corrected chi connectivity index (χ4v) is 12.9. The first-order valence-electron chi connectivity index (χ1n) is 17.3. The van der Waals surface area contributed by atoms with E-state index >= 15 is 0 Å². The van der Waals surface area contributed by atoms with Crippen molar-refractivity contribution < 1.29 is 47.6 Å². The molecule has 0 N–H and O–H groups in total. The summed E-state index contributed by atoms with van der Waals surface area (Å²) < 4.78 is 34.8. The van der Waals surface area contributed by atoms with Gasteiger partial charge in [-0.15, -0.1) is 5.54 Å². The molecule has 50 heavy (non-hydrogen) atoms. The lowest BCUT2D eigenvalue weighted by Crippen LogP contribution is -2.59. The lowest BCUT2D eigenvalue weighted by atomic mass is 9.87. The van der Waals surface area contributed by atoms with Gasteiger partial charge in [0.1, 0.15) is 24.6 Å². The predicted molar refractivity (Wildman–Crippen MR) is 189 cm³/mol. The van der Waals surface area contributed by atoms with Gasteiger partial charge < -0.3 is 28.4 Å². The lowest BCUT2D eigenvalue weighted by Gasteiger charge is -2.44. The standard InChI is InChI=1S/C39H50O10Si/c1-11-44-33-15-14-30-18-32-19-31(13-12-29(32)16-17-50(22(2)3,23(4)5)24(6)34(30)20-33)36-38(47-27(9)42)39(48-28(10)43)37(46-26(8)41)35(49-36)21-45-25(7)40/h12-15,19-20,22-24,35-39H,11,18,21H2,1-10H3/t24?,35-,36+,37-,38+,39+/m1/s1. The van der Waals surface area contributed by atoms with Crippen molar-refractivity contribution in [2.45, 2.75) is 123 Å². The molecule has 0 saturated carbocycles. The maximum Gasteiger partial charge on any atom is 0.303 e. The van der Waals surface area contributed by atoms with Crippen LogP contribution in [0.25, 0.3) is 0 Å². The molecule has 2 aromatic rings. The van der Waals surface area contributed by atoms with Crippen molar-refractivity contribution in [3.05, 3.63) is 64.2 Å². The molecule has 4 rings (SSSR count). The van der Waals surface area contributed by atoms with Crippen molar-refractivity contribution in [2.75, 3.05) is 13.2 Å². The van der Waals surface area contributed by atoms with E-state index in [-0.39, 0.29) is 12.1 Å². The topological polar surface area (TPSA) is 124 Å². The van der Waals surface area contributed by atoms with Crippen LogP contribution in [0.1, 0.15) is 109 Å². The van der Waals surface area contributed by atoms with E-state index in [0.717, 1.165) is 22.4 Å². The zero-order valence-electron chi connectivity index (χ0n) is 30.8. The molecule has 0 aliphatic carbocycles. The minimum atomic E-state index is -2.30. The number of hydrogen-bond acceptors (Lipinski definition) is 10. The Morgan fingerprint density at radius 1 is 0.820 bits per heavy atom. The van der Waals surface area contributed by atoms with E-state index in [2.05, 4.69) is 58.2 Å². The van der Waals surface area contributed by atoms with Crippen molar-refractivity contribution in [2.24, 2.45) is 0 Å². The maximum absolute atomic E-state index is 12.5. The Hall–Kier alpha value is -4.14. The summed E-state index contributed by atoms with van der Waals surface area (Å²) in [6, 6.07) is 12.1. The van der Waals surface area contributed by atoms with Gasteiger partial charge in [-0.3, -0.25) is 19.2 Å². The van der Waals surface area contributed by atoms with Crippen LogP contribution in [0.4, 0.5) is 0 Å². The van der Waals surface area contributed by atoms with E-state index in [9.17, 15) is 19.2 Å². The van der Waals surface area contributed by atoms with Crippen molar-refractivity contribution >= 4 is 32.0 Å². The Morgan fingerprint density at radius 2 is 1.44 bits per heavy atom. The molecule has 10 nitrogen and oxygen atoms in total. The number of rotatable bonds is 10. The molecule has 0 radical (unpaired) electrons. The molecule has 0 bridgehead atoms. The van der Waals surface area contributed by atoms with Crippen LogP contribution in [0.5, 0.6) is 5.75 Å². The maximum atomic E-state index is 12.5. The van der Waals surface area contributed by atoms with E-state index in [1.54, 1.807) is 0 Å². The van der Waals surface area contributed by atoms with Gasteiger partial charge >= 0.3 is 23.9 Å². The van der Waals surface area contributed by atoms with Crippen molar-refractivity contribution in [1.29, 1.82) is 0 Å². The van der Waals surface area contributed by atoms with Crippen LogP contribution in [-0.2, 0) is 49.3 Å². The van der Waals surface area contributed by atoms with Crippen LogP contribution in [0, 0.1) is 11.5 Å². The molecule has 2 aliphatic heterocycles. The van der Waals surface area contributed by atoms with Gasteiger partial charge in [0.05, 0.1) is 6.61 Å². The Labute approximate surface area is 296 Å². The van der Waals surface area contributed by atoms with Crippen LogP contribution in [-0.4, -0.2) is 69.6 Å². The van der Waals surface area contributed by atoms with Crippen LogP contribution in [0.2, 0.25) is 11.1 Å². The second-order valence-electron chi connectivity index (χ2n) is 13.7. The molecule has 2 aliphatic rings. The number of carbonyl (C=O) groups excluding carboxylic acids is 4. The third-order valence-corrected chi connectivity index (χ3v) is 15.9. The summed E-state index contributed by atoms with van der Waals surface area (Å²) >= 11 is 0. The third kappa shape index (κ3) is 8.41. The molecular weight excluding hydrogens is 657 g/mol.